The van der Waals surface area contributed by atoms with Crippen LogP contribution in [0.3, 0.4) is 0 Å². The van der Waals surface area contributed by atoms with Gasteiger partial charge in [-0.1, -0.05) is 18.2 Å². The molecule has 4 rings (SSSR count). The molecule has 1 amide bonds. The van der Waals surface area contributed by atoms with Crippen molar-refractivity contribution in [1.82, 2.24) is 14.8 Å². The molecule has 6 heteroatoms. The van der Waals surface area contributed by atoms with E-state index in [1.807, 2.05) is 18.3 Å². The van der Waals surface area contributed by atoms with Gasteiger partial charge in [-0.15, -0.1) is 0 Å². The largest absolute Gasteiger partial charge is 0.367 e. The zero-order valence-electron chi connectivity index (χ0n) is 17.1. The molecule has 0 bridgehead atoms. The summed E-state index contributed by atoms with van der Waals surface area (Å²) in [6.07, 6.45) is 5.81. The van der Waals surface area contributed by atoms with Crippen LogP contribution in [0.25, 0.3) is 10.9 Å². The third-order valence-corrected chi connectivity index (χ3v) is 6.33. The van der Waals surface area contributed by atoms with Crippen molar-refractivity contribution in [3.05, 3.63) is 36.5 Å². The Morgan fingerprint density at radius 1 is 1.24 bits per heavy atom. The van der Waals surface area contributed by atoms with E-state index in [0.717, 1.165) is 57.4 Å². The number of benzene rings is 1. The molecule has 3 heterocycles. The van der Waals surface area contributed by atoms with Crippen molar-refractivity contribution in [1.29, 1.82) is 5.26 Å². The fourth-order valence-electron chi connectivity index (χ4n) is 4.74. The minimum Gasteiger partial charge on any atom is -0.367 e. The molecule has 6 nitrogen and oxygen atoms in total. The Labute approximate surface area is 172 Å². The van der Waals surface area contributed by atoms with Gasteiger partial charge < -0.3 is 9.80 Å². The number of fused-ring (bicyclic) bond motifs is 1. The number of carbonyl (C=O) groups is 1. The number of aromatic nitrogens is 1. The number of carbonyl (C=O) groups excluding carboxylic acids is 1. The number of likely N-dealkylation sites (tertiary alicyclic amines) is 2. The van der Waals surface area contributed by atoms with Crippen molar-refractivity contribution in [3.63, 3.8) is 0 Å². The molecular weight excluding hydrogens is 362 g/mol. The predicted molar refractivity (Wildman–Crippen MR) is 115 cm³/mol. The highest BCUT2D eigenvalue weighted by Crippen LogP contribution is 2.26. The van der Waals surface area contributed by atoms with Crippen LogP contribution in [0.15, 0.2) is 36.5 Å². The van der Waals surface area contributed by atoms with Crippen molar-refractivity contribution in [2.75, 3.05) is 37.6 Å². The Bertz CT molecular complexity index is 900. The molecule has 0 spiro atoms. The number of anilines is 1. The lowest BCUT2D eigenvalue weighted by molar-refractivity contribution is -0.132. The number of para-hydroxylation sites is 1. The van der Waals surface area contributed by atoms with Gasteiger partial charge in [0.25, 0.3) is 0 Å². The van der Waals surface area contributed by atoms with E-state index in [1.165, 1.54) is 11.1 Å². The molecule has 0 aliphatic carbocycles. The monoisotopic (exact) mass is 391 g/mol. The summed E-state index contributed by atoms with van der Waals surface area (Å²) < 4.78 is 0. The Morgan fingerprint density at radius 2 is 2.03 bits per heavy atom. The van der Waals surface area contributed by atoms with Crippen LogP contribution in [0.2, 0.25) is 0 Å². The molecule has 29 heavy (non-hydrogen) atoms. The summed E-state index contributed by atoms with van der Waals surface area (Å²) in [4.78, 5) is 23.7. The first-order valence-corrected chi connectivity index (χ1v) is 10.7. The van der Waals surface area contributed by atoms with E-state index < -0.39 is 0 Å². The summed E-state index contributed by atoms with van der Waals surface area (Å²) in [5.74, 6) is 0.110. The van der Waals surface area contributed by atoms with E-state index in [4.69, 9.17) is 0 Å². The third kappa shape index (κ3) is 4.20. The molecule has 2 fully saturated rings. The highest BCUT2D eigenvalue weighted by Gasteiger charge is 2.31. The Hall–Kier alpha value is -2.65. The number of rotatable bonds is 5. The number of hydrogen-bond donors (Lipinski definition) is 0. The van der Waals surface area contributed by atoms with Gasteiger partial charge in [0.1, 0.15) is 6.04 Å². The SMILES string of the molecule is CCN(c1cnc2ccccc2c1)C1CCN(CC(=O)N2CCCC2C#N)CC1. The molecular formula is C23H29N5O. The quantitative estimate of drug-likeness (QED) is 0.784. The average Bonchev–Trinajstić information content (AvgIpc) is 3.24. The normalized spacial score (nSPS) is 20.7. The molecule has 1 atom stereocenters. The number of nitriles is 1. The first kappa shape index (κ1) is 19.7. The number of amides is 1. The van der Waals surface area contributed by atoms with E-state index in [9.17, 15) is 10.1 Å². The van der Waals surface area contributed by atoms with Crippen LogP contribution in [0.5, 0.6) is 0 Å². The Balaban J connectivity index is 1.36. The molecule has 0 saturated carbocycles. The van der Waals surface area contributed by atoms with Gasteiger partial charge in [0, 0.05) is 37.6 Å². The standard InChI is InChI=1S/C23H29N5O/c1-2-27(21-14-18-6-3-4-8-22(18)25-16-21)19-9-12-26(13-10-19)17-23(29)28-11-5-7-20(28)15-24/h3-4,6,8,14,16,19-20H,2,5,7,9-13,17H2,1H3. The maximum atomic E-state index is 12.6. The predicted octanol–water partition coefficient (Wildman–Crippen LogP) is 3.04. The molecule has 1 aromatic carbocycles. The van der Waals surface area contributed by atoms with Crippen molar-refractivity contribution in [2.45, 2.75) is 44.7 Å². The van der Waals surface area contributed by atoms with Gasteiger partial charge in [-0.2, -0.15) is 5.26 Å². The second kappa shape index (κ2) is 8.79. The number of piperidine rings is 1. The van der Waals surface area contributed by atoms with Crippen LogP contribution in [-0.4, -0.2) is 65.5 Å². The van der Waals surface area contributed by atoms with Crippen LogP contribution < -0.4 is 4.90 Å². The van der Waals surface area contributed by atoms with Gasteiger partial charge in [0.15, 0.2) is 0 Å². The van der Waals surface area contributed by atoms with Crippen molar-refractivity contribution < 1.29 is 4.79 Å². The minimum absolute atomic E-state index is 0.110. The van der Waals surface area contributed by atoms with E-state index >= 15 is 0 Å². The molecule has 2 saturated heterocycles. The molecule has 1 unspecified atom stereocenters. The Kier molecular flexibility index (Phi) is 5.96. The summed E-state index contributed by atoms with van der Waals surface area (Å²) in [6, 6.07) is 13.0. The third-order valence-electron chi connectivity index (χ3n) is 6.33. The number of pyridine rings is 1. The van der Waals surface area contributed by atoms with Gasteiger partial charge in [0.05, 0.1) is 30.0 Å². The van der Waals surface area contributed by atoms with Crippen molar-refractivity contribution >= 4 is 22.5 Å². The van der Waals surface area contributed by atoms with Gasteiger partial charge in [-0.05, 0) is 44.7 Å². The van der Waals surface area contributed by atoms with Crippen LogP contribution in [-0.2, 0) is 4.79 Å². The molecule has 2 aromatic rings. The lowest BCUT2D eigenvalue weighted by Crippen LogP contribution is -2.49. The minimum atomic E-state index is -0.226. The zero-order valence-corrected chi connectivity index (χ0v) is 17.1. The highest BCUT2D eigenvalue weighted by molar-refractivity contribution is 5.81. The fraction of sp³-hybridized carbons (Fsp3) is 0.522. The van der Waals surface area contributed by atoms with E-state index in [-0.39, 0.29) is 11.9 Å². The molecule has 0 N–H and O–H groups in total. The Morgan fingerprint density at radius 3 is 2.79 bits per heavy atom. The lowest BCUT2D eigenvalue weighted by Gasteiger charge is -2.39. The molecule has 0 radical (unpaired) electrons. The first-order chi connectivity index (χ1) is 14.2. The lowest BCUT2D eigenvalue weighted by atomic mass is 10.0. The van der Waals surface area contributed by atoms with Gasteiger partial charge in [0.2, 0.25) is 5.91 Å². The molecule has 1 aromatic heterocycles. The second-order valence-electron chi connectivity index (χ2n) is 8.05. The smallest absolute Gasteiger partial charge is 0.237 e. The van der Waals surface area contributed by atoms with Gasteiger partial charge in [-0.3, -0.25) is 14.7 Å². The maximum absolute atomic E-state index is 12.6. The number of nitrogens with zero attached hydrogens (tertiary/aromatic N) is 5. The summed E-state index contributed by atoms with van der Waals surface area (Å²) in [5.41, 5.74) is 2.20. The summed E-state index contributed by atoms with van der Waals surface area (Å²) in [5, 5.41) is 10.4. The van der Waals surface area contributed by atoms with Gasteiger partial charge in [-0.25, -0.2) is 0 Å². The zero-order chi connectivity index (χ0) is 20.2. The number of hydrogen-bond acceptors (Lipinski definition) is 5. The molecule has 2 aliphatic heterocycles. The second-order valence-corrected chi connectivity index (χ2v) is 8.05. The van der Waals surface area contributed by atoms with Crippen molar-refractivity contribution in [2.24, 2.45) is 0 Å². The summed E-state index contributed by atoms with van der Waals surface area (Å²) >= 11 is 0. The van der Waals surface area contributed by atoms with Crippen LogP contribution in [0.1, 0.15) is 32.6 Å². The average molecular weight is 392 g/mol. The summed E-state index contributed by atoms with van der Waals surface area (Å²) in [7, 11) is 0. The van der Waals surface area contributed by atoms with Crippen molar-refractivity contribution in [3.8, 4) is 6.07 Å². The van der Waals surface area contributed by atoms with Crippen LogP contribution in [0, 0.1) is 11.3 Å². The van der Waals surface area contributed by atoms with E-state index in [0.29, 0.717) is 12.6 Å². The summed E-state index contributed by atoms with van der Waals surface area (Å²) in [6.45, 7) is 6.14. The fourth-order valence-corrected chi connectivity index (χ4v) is 4.74. The van der Waals surface area contributed by atoms with E-state index in [2.05, 4.69) is 46.0 Å². The molecule has 152 valence electrons. The highest BCUT2D eigenvalue weighted by atomic mass is 16.2. The van der Waals surface area contributed by atoms with Gasteiger partial charge >= 0.3 is 0 Å². The first-order valence-electron chi connectivity index (χ1n) is 10.7. The topological polar surface area (TPSA) is 63.5 Å². The molecule has 2 aliphatic rings. The maximum Gasteiger partial charge on any atom is 0.237 e. The van der Waals surface area contributed by atoms with E-state index in [1.54, 1.807) is 4.90 Å². The van der Waals surface area contributed by atoms with Crippen LogP contribution in [0.4, 0.5) is 5.69 Å². The van der Waals surface area contributed by atoms with Crippen LogP contribution >= 0.6 is 0 Å².